The smallest absolute Gasteiger partial charge is 0.131 e. The molecule has 1 aliphatic rings. The molecule has 1 aromatic carbocycles. The molecule has 21 heavy (non-hydrogen) atoms. The lowest BCUT2D eigenvalue weighted by molar-refractivity contribution is 0.499. The third-order valence-corrected chi connectivity index (χ3v) is 4.57. The third kappa shape index (κ3) is 2.80. The van der Waals surface area contributed by atoms with Crippen LogP contribution in [-0.4, -0.2) is 9.78 Å². The summed E-state index contributed by atoms with van der Waals surface area (Å²) in [5.74, 6) is 1.10. The lowest BCUT2D eigenvalue weighted by Crippen LogP contribution is -1.99. The van der Waals surface area contributed by atoms with Crippen LogP contribution in [0.2, 0.25) is 0 Å². The Bertz CT molecular complexity index is 627. The predicted octanol–water partition coefficient (Wildman–Crippen LogP) is 3.93. The Kier molecular flexibility index (Phi) is 3.95. The number of nitrogen functional groups attached to an aromatic ring is 1. The van der Waals surface area contributed by atoms with Gasteiger partial charge in [-0.3, -0.25) is 4.68 Å². The number of hydrogen-bond donors (Lipinski definition) is 1. The van der Waals surface area contributed by atoms with E-state index in [1.54, 1.807) is 16.8 Å². The first-order valence-electron chi connectivity index (χ1n) is 7.73. The maximum absolute atomic E-state index is 14.1. The van der Waals surface area contributed by atoms with Gasteiger partial charge in [-0.25, -0.2) is 4.39 Å². The summed E-state index contributed by atoms with van der Waals surface area (Å²) in [5.41, 5.74) is 8.38. The summed E-state index contributed by atoms with van der Waals surface area (Å²) in [6.07, 6.45) is 7.32. The van der Waals surface area contributed by atoms with Crippen molar-refractivity contribution in [1.29, 1.82) is 0 Å². The van der Waals surface area contributed by atoms with Crippen LogP contribution in [0.3, 0.4) is 0 Å². The van der Waals surface area contributed by atoms with E-state index in [9.17, 15) is 4.39 Å². The molecule has 2 N–H and O–H groups in total. The fourth-order valence-corrected chi connectivity index (χ4v) is 3.37. The second kappa shape index (κ2) is 5.88. The maximum Gasteiger partial charge on any atom is 0.131 e. The third-order valence-electron chi connectivity index (χ3n) is 4.57. The van der Waals surface area contributed by atoms with Gasteiger partial charge in [-0.15, -0.1) is 0 Å². The van der Waals surface area contributed by atoms with E-state index in [0.717, 1.165) is 30.0 Å². The number of benzene rings is 1. The molecule has 1 aliphatic carbocycles. The molecule has 0 unspecified atom stereocenters. The molecule has 4 heteroatoms. The first-order chi connectivity index (χ1) is 10.2. The Hall–Kier alpha value is -1.84. The van der Waals surface area contributed by atoms with E-state index in [-0.39, 0.29) is 5.82 Å². The highest BCUT2D eigenvalue weighted by atomic mass is 19.1. The van der Waals surface area contributed by atoms with Crippen molar-refractivity contribution in [2.45, 2.75) is 38.5 Å². The van der Waals surface area contributed by atoms with Crippen molar-refractivity contribution < 1.29 is 4.39 Å². The number of aryl methyl sites for hydroxylation is 2. The molecule has 3 nitrogen and oxygen atoms in total. The second-order valence-electron chi connectivity index (χ2n) is 6.00. The van der Waals surface area contributed by atoms with Gasteiger partial charge in [0.1, 0.15) is 11.6 Å². The molecule has 0 amide bonds. The van der Waals surface area contributed by atoms with Crippen LogP contribution in [0.25, 0.3) is 11.1 Å². The molecule has 1 saturated carbocycles. The Morgan fingerprint density at radius 1 is 1.29 bits per heavy atom. The van der Waals surface area contributed by atoms with Gasteiger partial charge in [-0.1, -0.05) is 43.9 Å². The monoisotopic (exact) mass is 287 g/mol. The number of hydrogen-bond acceptors (Lipinski definition) is 2. The lowest BCUT2D eigenvalue weighted by Gasteiger charge is -2.09. The standard InChI is InChI=1S/C17H22FN3/c1-21-17(19)16(13-8-4-5-9-14(13)18)15(20-21)11-10-12-6-2-3-7-12/h4-5,8-9,12H,2-3,6-7,10-11,19H2,1H3. The van der Waals surface area contributed by atoms with E-state index in [4.69, 9.17) is 5.73 Å². The van der Waals surface area contributed by atoms with E-state index in [2.05, 4.69) is 5.10 Å². The summed E-state index contributed by atoms with van der Waals surface area (Å²) >= 11 is 0. The molecule has 0 radical (unpaired) electrons. The molecule has 0 bridgehead atoms. The van der Waals surface area contributed by atoms with E-state index < -0.39 is 0 Å². The molecule has 0 saturated heterocycles. The van der Waals surface area contributed by atoms with Crippen LogP contribution < -0.4 is 5.73 Å². The molecule has 3 rings (SSSR count). The molecular weight excluding hydrogens is 265 g/mol. The number of nitrogens with zero attached hydrogens (tertiary/aromatic N) is 2. The van der Waals surface area contributed by atoms with Crippen molar-refractivity contribution >= 4 is 5.82 Å². The van der Waals surface area contributed by atoms with Gasteiger partial charge in [0, 0.05) is 18.2 Å². The molecule has 1 fully saturated rings. The van der Waals surface area contributed by atoms with Gasteiger partial charge in [0.05, 0.1) is 5.69 Å². The fourth-order valence-electron chi connectivity index (χ4n) is 3.37. The summed E-state index contributed by atoms with van der Waals surface area (Å²) in [5, 5.41) is 4.51. The van der Waals surface area contributed by atoms with Gasteiger partial charge < -0.3 is 5.73 Å². The maximum atomic E-state index is 14.1. The Balaban J connectivity index is 1.90. The van der Waals surface area contributed by atoms with Crippen molar-refractivity contribution in [2.24, 2.45) is 13.0 Å². The average molecular weight is 287 g/mol. The second-order valence-corrected chi connectivity index (χ2v) is 6.00. The first-order valence-corrected chi connectivity index (χ1v) is 7.73. The van der Waals surface area contributed by atoms with Gasteiger partial charge >= 0.3 is 0 Å². The Morgan fingerprint density at radius 2 is 2.00 bits per heavy atom. The normalized spacial score (nSPS) is 15.7. The minimum atomic E-state index is -0.237. The van der Waals surface area contributed by atoms with Crippen molar-refractivity contribution in [1.82, 2.24) is 9.78 Å². The number of anilines is 1. The number of halogens is 1. The van der Waals surface area contributed by atoms with Crippen molar-refractivity contribution in [2.75, 3.05) is 5.73 Å². The topological polar surface area (TPSA) is 43.8 Å². The van der Waals surface area contributed by atoms with Crippen LogP contribution in [0.15, 0.2) is 24.3 Å². The average Bonchev–Trinajstić information content (AvgIpc) is 3.08. The molecule has 1 heterocycles. The van der Waals surface area contributed by atoms with Crippen LogP contribution in [0.4, 0.5) is 10.2 Å². The first kappa shape index (κ1) is 14.1. The molecule has 0 aliphatic heterocycles. The molecule has 1 aromatic heterocycles. The largest absolute Gasteiger partial charge is 0.383 e. The van der Waals surface area contributed by atoms with Gasteiger partial charge in [0.2, 0.25) is 0 Å². The molecule has 2 aromatic rings. The summed E-state index contributed by atoms with van der Waals surface area (Å²) < 4.78 is 15.8. The Labute approximate surface area is 125 Å². The van der Waals surface area contributed by atoms with Gasteiger partial charge in [-0.05, 0) is 24.8 Å². The zero-order valence-corrected chi connectivity index (χ0v) is 12.5. The van der Waals surface area contributed by atoms with Crippen LogP contribution >= 0.6 is 0 Å². The summed E-state index contributed by atoms with van der Waals surface area (Å²) in [6.45, 7) is 0. The summed E-state index contributed by atoms with van der Waals surface area (Å²) in [6, 6.07) is 6.79. The van der Waals surface area contributed by atoms with E-state index in [1.165, 1.54) is 31.7 Å². The lowest BCUT2D eigenvalue weighted by atomic mass is 9.97. The fraction of sp³-hybridized carbons (Fsp3) is 0.471. The molecule has 0 spiro atoms. The summed E-state index contributed by atoms with van der Waals surface area (Å²) in [7, 11) is 1.82. The minimum absolute atomic E-state index is 0.237. The van der Waals surface area contributed by atoms with E-state index in [1.807, 2.05) is 13.1 Å². The van der Waals surface area contributed by atoms with E-state index in [0.29, 0.717) is 11.4 Å². The minimum Gasteiger partial charge on any atom is -0.383 e. The van der Waals surface area contributed by atoms with Gasteiger partial charge in [0.15, 0.2) is 0 Å². The van der Waals surface area contributed by atoms with E-state index >= 15 is 0 Å². The zero-order chi connectivity index (χ0) is 14.8. The summed E-state index contributed by atoms with van der Waals surface area (Å²) in [4.78, 5) is 0. The molecule has 112 valence electrons. The number of aromatic nitrogens is 2. The van der Waals surface area contributed by atoms with Crippen molar-refractivity contribution in [3.05, 3.63) is 35.8 Å². The predicted molar refractivity (Wildman–Crippen MR) is 83.3 cm³/mol. The highest BCUT2D eigenvalue weighted by Crippen LogP contribution is 2.34. The Morgan fingerprint density at radius 3 is 2.71 bits per heavy atom. The quantitative estimate of drug-likeness (QED) is 0.926. The molecule has 0 atom stereocenters. The van der Waals surface area contributed by atoms with Gasteiger partial charge in [0.25, 0.3) is 0 Å². The van der Waals surface area contributed by atoms with Crippen LogP contribution in [0, 0.1) is 11.7 Å². The van der Waals surface area contributed by atoms with Crippen LogP contribution in [-0.2, 0) is 13.5 Å². The zero-order valence-electron chi connectivity index (χ0n) is 12.5. The highest BCUT2D eigenvalue weighted by Gasteiger charge is 2.21. The SMILES string of the molecule is Cn1nc(CCC2CCCC2)c(-c2ccccc2F)c1N. The highest BCUT2D eigenvalue weighted by molar-refractivity contribution is 5.77. The molecular formula is C17H22FN3. The van der Waals surface area contributed by atoms with Gasteiger partial charge in [-0.2, -0.15) is 5.10 Å². The number of nitrogens with two attached hydrogens (primary N) is 1. The van der Waals surface area contributed by atoms with Crippen molar-refractivity contribution in [3.63, 3.8) is 0 Å². The van der Waals surface area contributed by atoms with Crippen LogP contribution in [0.1, 0.15) is 37.8 Å². The number of rotatable bonds is 4. The van der Waals surface area contributed by atoms with Crippen molar-refractivity contribution in [3.8, 4) is 11.1 Å². The van der Waals surface area contributed by atoms with Crippen LogP contribution in [0.5, 0.6) is 0 Å².